The number of likely N-dealkylation sites (N-methyl/N-ethyl adjacent to an activating group) is 1. The predicted octanol–water partition coefficient (Wildman–Crippen LogP) is 7.17. The summed E-state index contributed by atoms with van der Waals surface area (Å²) >= 11 is 1.49. The molecule has 220 valence electrons. The van der Waals surface area contributed by atoms with Gasteiger partial charge in [-0.3, -0.25) is 14.7 Å². The summed E-state index contributed by atoms with van der Waals surface area (Å²) in [5, 5.41) is 5.42. The number of ether oxygens (including phenoxy) is 1. The molecule has 2 aromatic carbocycles. The minimum absolute atomic E-state index is 0.0892. The van der Waals surface area contributed by atoms with Crippen LogP contribution in [0.5, 0.6) is 11.5 Å². The number of piperazine rings is 1. The number of thiophene rings is 1. The van der Waals surface area contributed by atoms with Crippen LogP contribution in [-0.4, -0.2) is 58.9 Å². The van der Waals surface area contributed by atoms with E-state index in [0.29, 0.717) is 23.6 Å². The van der Waals surface area contributed by atoms with E-state index >= 15 is 0 Å². The summed E-state index contributed by atoms with van der Waals surface area (Å²) in [6.07, 6.45) is -1.16. The second-order valence-electron chi connectivity index (χ2n) is 10.5. The molecule has 7 nitrogen and oxygen atoms in total. The van der Waals surface area contributed by atoms with Crippen LogP contribution in [0.1, 0.15) is 21.5 Å². The van der Waals surface area contributed by atoms with Gasteiger partial charge in [-0.05, 0) is 72.6 Å². The number of amides is 1. The molecule has 11 heteroatoms. The van der Waals surface area contributed by atoms with Crippen molar-refractivity contribution < 1.29 is 22.7 Å². The molecule has 0 radical (unpaired) electrons. The second-order valence-corrected chi connectivity index (χ2v) is 11.4. The molecule has 0 unspecified atom stereocenters. The number of hydrogen-bond acceptors (Lipinski definition) is 7. The lowest BCUT2D eigenvalue weighted by molar-refractivity contribution is -0.137. The van der Waals surface area contributed by atoms with Gasteiger partial charge in [-0.1, -0.05) is 6.07 Å². The quantitative estimate of drug-likeness (QED) is 0.213. The average molecular weight is 604 g/mol. The van der Waals surface area contributed by atoms with Crippen LogP contribution in [0.3, 0.4) is 0 Å². The molecule has 1 amide bonds. The number of fused-ring (bicyclic) bond motifs is 1. The van der Waals surface area contributed by atoms with E-state index in [1.54, 1.807) is 42.7 Å². The van der Waals surface area contributed by atoms with Crippen LogP contribution < -0.4 is 10.1 Å². The third-order valence-corrected chi connectivity index (χ3v) is 8.09. The molecule has 1 saturated heterocycles. The van der Waals surface area contributed by atoms with E-state index in [1.165, 1.54) is 11.3 Å². The number of anilines is 1. The molecule has 0 aliphatic carbocycles. The molecular formula is C32H28F3N5O2S. The van der Waals surface area contributed by atoms with Crippen LogP contribution in [0.4, 0.5) is 18.9 Å². The number of aromatic nitrogens is 2. The minimum Gasteiger partial charge on any atom is -0.457 e. The van der Waals surface area contributed by atoms with Gasteiger partial charge in [0.2, 0.25) is 0 Å². The maximum absolute atomic E-state index is 13.8. The van der Waals surface area contributed by atoms with Gasteiger partial charge in [0, 0.05) is 68.0 Å². The first-order chi connectivity index (χ1) is 20.7. The highest BCUT2D eigenvalue weighted by Crippen LogP contribution is 2.36. The van der Waals surface area contributed by atoms with Crippen LogP contribution in [0.2, 0.25) is 0 Å². The summed E-state index contributed by atoms with van der Waals surface area (Å²) in [7, 11) is 2.02. The molecular weight excluding hydrogens is 575 g/mol. The Hall–Kier alpha value is -4.32. The number of halogens is 3. The Morgan fingerprint density at radius 2 is 1.79 bits per heavy atom. The number of carbonyl (C=O) groups excluding carboxylic acids is 1. The van der Waals surface area contributed by atoms with Gasteiger partial charge in [0.15, 0.2) is 0 Å². The zero-order chi connectivity index (χ0) is 30.0. The Labute approximate surface area is 250 Å². The molecule has 1 N–H and O–H groups in total. The molecule has 0 spiro atoms. The lowest BCUT2D eigenvalue weighted by Crippen LogP contribution is -2.43. The Morgan fingerprint density at radius 1 is 1.00 bits per heavy atom. The van der Waals surface area contributed by atoms with Gasteiger partial charge in [0.05, 0.1) is 16.6 Å². The molecule has 1 aliphatic rings. The normalized spacial score (nSPS) is 14.6. The van der Waals surface area contributed by atoms with E-state index in [4.69, 9.17) is 9.72 Å². The molecule has 0 saturated carbocycles. The zero-order valence-corrected chi connectivity index (χ0v) is 24.1. The molecule has 5 aromatic rings. The summed E-state index contributed by atoms with van der Waals surface area (Å²) in [4.78, 5) is 27.2. The number of nitrogens with one attached hydrogen (secondary N) is 1. The van der Waals surface area contributed by atoms with E-state index in [2.05, 4.69) is 20.1 Å². The van der Waals surface area contributed by atoms with Crippen molar-refractivity contribution in [3.05, 3.63) is 101 Å². The fourth-order valence-corrected chi connectivity index (χ4v) is 5.77. The van der Waals surface area contributed by atoms with Crippen molar-refractivity contribution in [2.24, 2.45) is 0 Å². The molecule has 4 heterocycles. The van der Waals surface area contributed by atoms with E-state index in [9.17, 15) is 18.0 Å². The maximum Gasteiger partial charge on any atom is 0.416 e. The Morgan fingerprint density at radius 3 is 2.56 bits per heavy atom. The SMILES string of the molecule is CN1CCN(Cc2cc(NC(=O)c3cccc(Oc4cc(-c5ccncc5)nc5sccc45)c3)cc(C(F)(F)F)c2)CC1. The Bertz CT molecular complexity index is 1750. The fourth-order valence-electron chi connectivity index (χ4n) is 4.99. The number of rotatable bonds is 7. The first-order valence-electron chi connectivity index (χ1n) is 13.7. The maximum atomic E-state index is 13.8. The Balaban J connectivity index is 1.23. The molecule has 43 heavy (non-hydrogen) atoms. The molecule has 1 fully saturated rings. The summed E-state index contributed by atoms with van der Waals surface area (Å²) in [5.74, 6) is 0.442. The van der Waals surface area contributed by atoms with Crippen molar-refractivity contribution in [2.75, 3.05) is 38.5 Å². The topological polar surface area (TPSA) is 70.6 Å². The number of pyridine rings is 2. The minimum atomic E-state index is -4.54. The molecule has 1 aliphatic heterocycles. The highest BCUT2D eigenvalue weighted by Gasteiger charge is 2.31. The second kappa shape index (κ2) is 12.1. The van der Waals surface area contributed by atoms with Gasteiger partial charge < -0.3 is 15.0 Å². The Kier molecular flexibility index (Phi) is 8.11. The third-order valence-electron chi connectivity index (χ3n) is 7.28. The van der Waals surface area contributed by atoms with Crippen molar-refractivity contribution in [2.45, 2.75) is 12.7 Å². The van der Waals surface area contributed by atoms with Gasteiger partial charge in [-0.2, -0.15) is 13.2 Å². The van der Waals surface area contributed by atoms with Gasteiger partial charge in [0.1, 0.15) is 16.3 Å². The van der Waals surface area contributed by atoms with Crippen LogP contribution in [-0.2, 0) is 12.7 Å². The largest absolute Gasteiger partial charge is 0.457 e. The average Bonchev–Trinajstić information content (AvgIpc) is 3.48. The standard InChI is InChI=1S/C32H28F3N5O2S/c1-39-10-12-40(13-11-39)20-21-15-24(32(33,34)35)18-25(16-21)37-30(41)23-3-2-4-26(17-23)42-29-19-28(22-5-8-36-9-6-22)38-31-27(29)7-14-43-31/h2-9,14-19H,10-13,20H2,1H3,(H,37,41). The third kappa shape index (κ3) is 6.85. The number of hydrogen-bond donors (Lipinski definition) is 1. The first-order valence-corrected chi connectivity index (χ1v) is 14.6. The number of carbonyl (C=O) groups is 1. The monoisotopic (exact) mass is 603 g/mol. The summed E-state index contributed by atoms with van der Waals surface area (Å²) in [6.45, 7) is 3.60. The molecule has 0 bridgehead atoms. The zero-order valence-electron chi connectivity index (χ0n) is 23.3. The first kappa shape index (κ1) is 28.8. The van der Waals surface area contributed by atoms with Crippen LogP contribution in [0.15, 0.2) is 84.5 Å². The molecule has 3 aromatic heterocycles. The van der Waals surface area contributed by atoms with Crippen molar-refractivity contribution in [1.29, 1.82) is 0 Å². The van der Waals surface area contributed by atoms with E-state index < -0.39 is 17.6 Å². The fraction of sp³-hybridized carbons (Fsp3) is 0.219. The molecule has 0 atom stereocenters. The van der Waals surface area contributed by atoms with Crippen LogP contribution in [0, 0.1) is 0 Å². The summed E-state index contributed by atoms with van der Waals surface area (Å²) < 4.78 is 47.5. The summed E-state index contributed by atoms with van der Waals surface area (Å²) in [6, 6.07) is 17.8. The van der Waals surface area contributed by atoms with Crippen molar-refractivity contribution >= 4 is 33.1 Å². The predicted molar refractivity (Wildman–Crippen MR) is 162 cm³/mol. The highest BCUT2D eigenvalue weighted by molar-refractivity contribution is 7.16. The van der Waals surface area contributed by atoms with E-state index in [1.807, 2.05) is 36.7 Å². The summed E-state index contributed by atoms with van der Waals surface area (Å²) in [5.41, 5.74) is 1.64. The molecule has 6 rings (SSSR count). The number of alkyl halides is 3. The number of nitrogens with zero attached hydrogens (tertiary/aromatic N) is 4. The highest BCUT2D eigenvalue weighted by atomic mass is 32.1. The lowest BCUT2D eigenvalue weighted by Gasteiger charge is -2.32. The smallest absolute Gasteiger partial charge is 0.416 e. The van der Waals surface area contributed by atoms with E-state index in [-0.39, 0.29) is 11.3 Å². The van der Waals surface area contributed by atoms with Crippen molar-refractivity contribution in [1.82, 2.24) is 19.8 Å². The van der Waals surface area contributed by atoms with Crippen molar-refractivity contribution in [3.8, 4) is 22.8 Å². The van der Waals surface area contributed by atoms with Gasteiger partial charge >= 0.3 is 6.18 Å². The number of benzene rings is 2. The van der Waals surface area contributed by atoms with Gasteiger partial charge in [-0.15, -0.1) is 11.3 Å². The van der Waals surface area contributed by atoms with Crippen LogP contribution in [0.25, 0.3) is 21.5 Å². The van der Waals surface area contributed by atoms with Crippen LogP contribution >= 0.6 is 11.3 Å². The van der Waals surface area contributed by atoms with Gasteiger partial charge in [0.25, 0.3) is 5.91 Å². The lowest BCUT2D eigenvalue weighted by atomic mass is 10.1. The van der Waals surface area contributed by atoms with E-state index in [0.717, 1.165) is 59.8 Å². The van der Waals surface area contributed by atoms with Gasteiger partial charge in [-0.25, -0.2) is 4.98 Å². The van der Waals surface area contributed by atoms with Crippen molar-refractivity contribution in [3.63, 3.8) is 0 Å².